The minimum Gasteiger partial charge on any atom is -0.394 e. The third-order valence-electron chi connectivity index (χ3n) is 2.44. The maximum atomic E-state index is 11.7. The Balaban J connectivity index is 4.23. The molecule has 0 aromatic rings. The summed E-state index contributed by atoms with van der Waals surface area (Å²) in [5, 5.41) is 12.3. The molecule has 0 heterocycles. The molecule has 2 N–H and O–H groups in total. The SMILES string of the molecule is CN(C(=O)CNC(C)(C)C)C(C)(C)CO. The number of rotatable bonds is 4. The first-order valence-corrected chi connectivity index (χ1v) is 5.23. The summed E-state index contributed by atoms with van der Waals surface area (Å²) in [6, 6.07) is 0. The van der Waals surface area contributed by atoms with Crippen molar-refractivity contribution in [1.29, 1.82) is 0 Å². The molecule has 0 aromatic carbocycles. The molecule has 0 unspecified atom stereocenters. The Kier molecular flexibility index (Phi) is 4.74. The van der Waals surface area contributed by atoms with Crippen LogP contribution in [-0.4, -0.2) is 47.2 Å². The number of aliphatic hydroxyl groups is 1. The average Bonchev–Trinajstić information content (AvgIpc) is 2.11. The van der Waals surface area contributed by atoms with Crippen LogP contribution in [0.3, 0.4) is 0 Å². The minimum absolute atomic E-state index is 0.0102. The van der Waals surface area contributed by atoms with Crippen LogP contribution in [-0.2, 0) is 4.79 Å². The number of nitrogens with zero attached hydrogens (tertiary/aromatic N) is 1. The molecule has 4 heteroatoms. The van der Waals surface area contributed by atoms with Gasteiger partial charge in [-0.1, -0.05) is 0 Å². The van der Waals surface area contributed by atoms with Crippen LogP contribution in [0.5, 0.6) is 0 Å². The Bertz CT molecular complexity index is 219. The molecule has 0 atom stereocenters. The fourth-order valence-corrected chi connectivity index (χ4v) is 0.903. The lowest BCUT2D eigenvalue weighted by atomic mass is 10.0. The number of nitrogens with one attached hydrogen (secondary N) is 1. The van der Waals surface area contributed by atoms with E-state index in [1.54, 1.807) is 11.9 Å². The van der Waals surface area contributed by atoms with Crippen molar-refractivity contribution in [2.45, 2.75) is 45.7 Å². The number of carbonyl (C=O) groups excluding carboxylic acids is 1. The summed E-state index contributed by atoms with van der Waals surface area (Å²) < 4.78 is 0. The molecular weight excluding hydrogens is 192 g/mol. The van der Waals surface area contributed by atoms with E-state index >= 15 is 0 Å². The molecule has 0 aliphatic rings. The largest absolute Gasteiger partial charge is 0.394 e. The number of hydrogen-bond donors (Lipinski definition) is 2. The lowest BCUT2D eigenvalue weighted by Crippen LogP contribution is -2.52. The highest BCUT2D eigenvalue weighted by atomic mass is 16.3. The summed E-state index contributed by atoms with van der Waals surface area (Å²) in [6.45, 7) is 9.96. The summed E-state index contributed by atoms with van der Waals surface area (Å²) in [5.74, 6) is -0.0102. The van der Waals surface area contributed by atoms with E-state index < -0.39 is 5.54 Å². The zero-order chi connectivity index (χ0) is 12.3. The van der Waals surface area contributed by atoms with Crippen molar-refractivity contribution in [3.63, 3.8) is 0 Å². The predicted molar refractivity (Wildman–Crippen MR) is 61.7 cm³/mol. The maximum Gasteiger partial charge on any atom is 0.236 e. The van der Waals surface area contributed by atoms with Gasteiger partial charge in [0.25, 0.3) is 0 Å². The minimum atomic E-state index is -0.503. The Morgan fingerprint density at radius 2 is 1.73 bits per heavy atom. The quantitative estimate of drug-likeness (QED) is 0.723. The first-order valence-electron chi connectivity index (χ1n) is 5.23. The Labute approximate surface area is 92.7 Å². The van der Waals surface area contributed by atoms with Crippen molar-refractivity contribution in [3.05, 3.63) is 0 Å². The number of carbonyl (C=O) groups is 1. The van der Waals surface area contributed by atoms with E-state index in [0.29, 0.717) is 6.54 Å². The smallest absolute Gasteiger partial charge is 0.236 e. The van der Waals surface area contributed by atoms with Crippen LogP contribution < -0.4 is 5.32 Å². The molecule has 0 fully saturated rings. The van der Waals surface area contributed by atoms with Gasteiger partial charge in [0.05, 0.1) is 18.7 Å². The van der Waals surface area contributed by atoms with Gasteiger partial charge >= 0.3 is 0 Å². The van der Waals surface area contributed by atoms with Crippen molar-refractivity contribution < 1.29 is 9.90 Å². The van der Waals surface area contributed by atoms with E-state index in [-0.39, 0.29) is 18.1 Å². The van der Waals surface area contributed by atoms with Crippen molar-refractivity contribution in [1.82, 2.24) is 10.2 Å². The average molecular weight is 216 g/mol. The molecule has 90 valence electrons. The van der Waals surface area contributed by atoms with E-state index in [0.717, 1.165) is 0 Å². The fraction of sp³-hybridized carbons (Fsp3) is 0.909. The Hall–Kier alpha value is -0.610. The summed E-state index contributed by atoms with van der Waals surface area (Å²) in [4.78, 5) is 13.3. The summed E-state index contributed by atoms with van der Waals surface area (Å²) >= 11 is 0. The van der Waals surface area contributed by atoms with Crippen molar-refractivity contribution in [3.8, 4) is 0 Å². The van der Waals surface area contributed by atoms with Gasteiger partial charge in [0.2, 0.25) is 5.91 Å². The van der Waals surface area contributed by atoms with Gasteiger partial charge in [-0.15, -0.1) is 0 Å². The van der Waals surface area contributed by atoms with Crippen LogP contribution in [0.25, 0.3) is 0 Å². The molecule has 0 rings (SSSR count). The normalized spacial score (nSPS) is 12.7. The lowest BCUT2D eigenvalue weighted by Gasteiger charge is -2.34. The number of hydrogen-bond acceptors (Lipinski definition) is 3. The molecule has 15 heavy (non-hydrogen) atoms. The van der Waals surface area contributed by atoms with Crippen LogP contribution in [0.15, 0.2) is 0 Å². The molecule has 0 aromatic heterocycles. The second kappa shape index (κ2) is 4.94. The van der Waals surface area contributed by atoms with Gasteiger partial charge in [0.15, 0.2) is 0 Å². The van der Waals surface area contributed by atoms with E-state index in [9.17, 15) is 4.79 Å². The monoisotopic (exact) mass is 216 g/mol. The highest BCUT2D eigenvalue weighted by molar-refractivity contribution is 5.78. The molecular formula is C11H24N2O2. The van der Waals surface area contributed by atoms with Crippen molar-refractivity contribution in [2.75, 3.05) is 20.2 Å². The van der Waals surface area contributed by atoms with E-state index in [4.69, 9.17) is 5.11 Å². The molecule has 0 saturated heterocycles. The molecule has 0 bridgehead atoms. The van der Waals surface area contributed by atoms with Gasteiger partial charge in [0.1, 0.15) is 0 Å². The van der Waals surface area contributed by atoms with Gasteiger partial charge in [-0.3, -0.25) is 4.79 Å². The van der Waals surface area contributed by atoms with Crippen LogP contribution in [0.1, 0.15) is 34.6 Å². The first-order chi connectivity index (χ1) is 6.60. The summed E-state index contributed by atoms with van der Waals surface area (Å²) in [6.07, 6.45) is 0. The highest BCUT2D eigenvalue weighted by Gasteiger charge is 2.26. The number of aliphatic hydroxyl groups excluding tert-OH is 1. The van der Waals surface area contributed by atoms with Gasteiger partial charge < -0.3 is 15.3 Å². The number of likely N-dealkylation sites (N-methyl/N-ethyl adjacent to an activating group) is 1. The van der Waals surface area contributed by atoms with Crippen LogP contribution in [0.2, 0.25) is 0 Å². The number of amides is 1. The van der Waals surface area contributed by atoms with Crippen molar-refractivity contribution >= 4 is 5.91 Å². The molecule has 0 spiro atoms. The molecule has 4 nitrogen and oxygen atoms in total. The maximum absolute atomic E-state index is 11.7. The fourth-order valence-electron chi connectivity index (χ4n) is 0.903. The molecule has 0 aliphatic heterocycles. The first kappa shape index (κ1) is 14.4. The summed E-state index contributed by atoms with van der Waals surface area (Å²) in [5.41, 5.74) is -0.573. The van der Waals surface area contributed by atoms with Crippen LogP contribution in [0.4, 0.5) is 0 Å². The van der Waals surface area contributed by atoms with Gasteiger partial charge in [-0.05, 0) is 34.6 Å². The third-order valence-corrected chi connectivity index (χ3v) is 2.44. The lowest BCUT2D eigenvalue weighted by molar-refractivity contribution is -0.135. The topological polar surface area (TPSA) is 52.6 Å². The molecule has 0 saturated carbocycles. The molecule has 1 amide bonds. The van der Waals surface area contributed by atoms with Gasteiger partial charge in [-0.25, -0.2) is 0 Å². The highest BCUT2D eigenvalue weighted by Crippen LogP contribution is 2.11. The second-order valence-electron chi connectivity index (χ2n) is 5.53. The Morgan fingerprint density at radius 1 is 1.27 bits per heavy atom. The van der Waals surface area contributed by atoms with E-state index in [2.05, 4.69) is 5.32 Å². The predicted octanol–water partition coefficient (Wildman–Crippen LogP) is 0.604. The standard InChI is InChI=1S/C11H24N2O2/c1-10(2,3)12-7-9(15)13(6)11(4,5)8-14/h12,14H,7-8H2,1-6H3. The van der Waals surface area contributed by atoms with Crippen LogP contribution in [0, 0.1) is 0 Å². The molecule has 0 aliphatic carbocycles. The Morgan fingerprint density at radius 3 is 2.07 bits per heavy atom. The van der Waals surface area contributed by atoms with Crippen LogP contribution >= 0.6 is 0 Å². The van der Waals surface area contributed by atoms with Gasteiger partial charge in [-0.2, -0.15) is 0 Å². The second-order valence-corrected chi connectivity index (χ2v) is 5.53. The zero-order valence-electron chi connectivity index (χ0n) is 10.7. The van der Waals surface area contributed by atoms with Crippen molar-refractivity contribution in [2.24, 2.45) is 0 Å². The zero-order valence-corrected chi connectivity index (χ0v) is 10.7. The van der Waals surface area contributed by atoms with Gasteiger partial charge in [0, 0.05) is 12.6 Å². The van der Waals surface area contributed by atoms with E-state index in [1.165, 1.54) is 0 Å². The molecule has 0 radical (unpaired) electrons. The third kappa shape index (κ3) is 5.14. The van der Waals surface area contributed by atoms with E-state index in [1.807, 2.05) is 34.6 Å². The summed E-state index contributed by atoms with van der Waals surface area (Å²) in [7, 11) is 1.71.